The molecule has 1 unspecified atom stereocenters. The molecular formula is C15H16O6. The largest absolute Gasteiger partial charge is 0.466 e. The molecule has 4 aliphatic rings. The van der Waals surface area contributed by atoms with Gasteiger partial charge in [0.25, 0.3) is 0 Å². The SMILES string of the molecule is Cc1coc2c1[C@@H]1OC(=O)[C@@]3(CCC4O[C@@]4(C)[C@H]2O)O[C@@H]13. The molecule has 6 heteroatoms. The van der Waals surface area contributed by atoms with E-state index in [4.69, 9.17) is 18.6 Å². The zero-order valence-electron chi connectivity index (χ0n) is 11.8. The highest BCUT2D eigenvalue weighted by Gasteiger charge is 2.75. The van der Waals surface area contributed by atoms with E-state index in [2.05, 4.69) is 0 Å². The fraction of sp³-hybridized carbons (Fsp3) is 0.667. The second-order valence-electron chi connectivity index (χ2n) is 6.68. The molecule has 0 saturated carbocycles. The molecule has 5 rings (SSSR count). The zero-order valence-corrected chi connectivity index (χ0v) is 11.8. The van der Waals surface area contributed by atoms with E-state index in [1.54, 1.807) is 6.26 Å². The van der Waals surface area contributed by atoms with Gasteiger partial charge in [0, 0.05) is 5.56 Å². The van der Waals surface area contributed by atoms with E-state index in [-0.39, 0.29) is 18.2 Å². The van der Waals surface area contributed by atoms with Gasteiger partial charge in [-0.3, -0.25) is 0 Å². The molecule has 21 heavy (non-hydrogen) atoms. The van der Waals surface area contributed by atoms with E-state index in [1.807, 2.05) is 13.8 Å². The lowest BCUT2D eigenvalue weighted by Gasteiger charge is -2.18. The first-order valence-corrected chi connectivity index (χ1v) is 7.30. The number of aryl methyl sites for hydroxylation is 1. The number of ether oxygens (including phenoxy) is 3. The number of hydrogen-bond donors (Lipinski definition) is 1. The van der Waals surface area contributed by atoms with Crippen LogP contribution < -0.4 is 0 Å². The van der Waals surface area contributed by atoms with E-state index in [0.717, 1.165) is 11.1 Å². The highest BCUT2D eigenvalue weighted by atomic mass is 16.7. The highest BCUT2D eigenvalue weighted by Crippen LogP contribution is 2.61. The van der Waals surface area contributed by atoms with Crippen molar-refractivity contribution in [1.82, 2.24) is 0 Å². The molecule has 0 spiro atoms. The third-order valence-corrected chi connectivity index (χ3v) is 5.48. The van der Waals surface area contributed by atoms with Crippen LogP contribution in [0.5, 0.6) is 0 Å². The molecule has 3 aliphatic heterocycles. The Labute approximate surface area is 121 Å². The van der Waals surface area contributed by atoms with Crippen molar-refractivity contribution in [3.05, 3.63) is 23.2 Å². The predicted molar refractivity (Wildman–Crippen MR) is 67.4 cm³/mol. The number of hydrogen-bond acceptors (Lipinski definition) is 6. The number of epoxide rings is 2. The number of aliphatic hydroxyl groups is 1. The summed E-state index contributed by atoms with van der Waals surface area (Å²) in [5.74, 6) is 0.131. The van der Waals surface area contributed by atoms with Crippen molar-refractivity contribution in [3.63, 3.8) is 0 Å². The van der Waals surface area contributed by atoms with Gasteiger partial charge in [0.2, 0.25) is 0 Å². The molecule has 3 saturated heterocycles. The van der Waals surface area contributed by atoms with Crippen LogP contribution in [0.4, 0.5) is 0 Å². The first-order chi connectivity index (χ1) is 9.97. The van der Waals surface area contributed by atoms with E-state index >= 15 is 0 Å². The number of aliphatic hydroxyl groups excluding tert-OH is 1. The number of carbonyl (C=O) groups excluding carboxylic acids is 1. The van der Waals surface area contributed by atoms with Crippen molar-refractivity contribution in [2.75, 3.05) is 0 Å². The van der Waals surface area contributed by atoms with Crippen molar-refractivity contribution in [1.29, 1.82) is 0 Å². The van der Waals surface area contributed by atoms with Gasteiger partial charge < -0.3 is 23.7 Å². The second-order valence-corrected chi connectivity index (χ2v) is 6.68. The summed E-state index contributed by atoms with van der Waals surface area (Å²) in [5, 5.41) is 10.7. The van der Waals surface area contributed by atoms with Crippen LogP contribution in [0.15, 0.2) is 10.7 Å². The topological polar surface area (TPSA) is 84.7 Å². The normalized spacial score (nSPS) is 49.8. The van der Waals surface area contributed by atoms with Gasteiger partial charge in [-0.1, -0.05) is 0 Å². The van der Waals surface area contributed by atoms with Crippen molar-refractivity contribution < 1.29 is 28.5 Å². The number of fused-ring (bicyclic) bond motifs is 3. The Hall–Kier alpha value is -1.37. The van der Waals surface area contributed by atoms with Gasteiger partial charge in [0.15, 0.2) is 11.7 Å². The summed E-state index contributed by atoms with van der Waals surface area (Å²) in [6.45, 7) is 3.75. The molecule has 1 aromatic heterocycles. The maximum atomic E-state index is 12.2. The molecule has 0 aromatic carbocycles. The summed E-state index contributed by atoms with van der Waals surface area (Å²) in [6.07, 6.45) is 1.12. The molecule has 6 nitrogen and oxygen atoms in total. The minimum absolute atomic E-state index is 0.0880. The van der Waals surface area contributed by atoms with Crippen LogP contribution in [-0.4, -0.2) is 34.5 Å². The third kappa shape index (κ3) is 1.27. The third-order valence-electron chi connectivity index (χ3n) is 5.48. The summed E-state index contributed by atoms with van der Waals surface area (Å²) in [7, 11) is 0. The Bertz CT molecular complexity index is 665. The summed E-state index contributed by atoms with van der Waals surface area (Å²) >= 11 is 0. The van der Waals surface area contributed by atoms with Crippen LogP contribution >= 0.6 is 0 Å². The molecule has 6 atom stereocenters. The Morgan fingerprint density at radius 3 is 2.95 bits per heavy atom. The lowest BCUT2D eigenvalue weighted by atomic mass is 9.86. The number of furan rings is 1. The van der Waals surface area contributed by atoms with Gasteiger partial charge >= 0.3 is 5.97 Å². The molecule has 1 aliphatic carbocycles. The zero-order chi connectivity index (χ0) is 14.6. The average molecular weight is 292 g/mol. The fourth-order valence-corrected chi connectivity index (χ4v) is 3.97. The fourth-order valence-electron chi connectivity index (χ4n) is 3.97. The predicted octanol–water partition coefficient (Wildman–Crippen LogP) is 1.31. The molecule has 0 radical (unpaired) electrons. The van der Waals surface area contributed by atoms with Gasteiger partial charge in [-0.05, 0) is 32.3 Å². The molecule has 4 heterocycles. The van der Waals surface area contributed by atoms with Crippen LogP contribution in [0.1, 0.15) is 48.9 Å². The van der Waals surface area contributed by atoms with E-state index < -0.39 is 23.4 Å². The Kier molecular flexibility index (Phi) is 1.94. The first-order valence-electron chi connectivity index (χ1n) is 7.30. The standard InChI is InChI=1S/C15H16O6/c1-6-5-18-9-8(6)10-12-15(21-12,13(17)19-10)4-3-7-14(2,20-7)11(9)16/h5,7,10-12,16H,3-4H2,1-2H3/t7?,10-,11-,12-,14+,15-/m0/s1. The Morgan fingerprint density at radius 1 is 1.38 bits per heavy atom. The van der Waals surface area contributed by atoms with E-state index in [0.29, 0.717) is 18.6 Å². The van der Waals surface area contributed by atoms with Gasteiger partial charge in [-0.2, -0.15) is 0 Å². The van der Waals surface area contributed by atoms with Crippen LogP contribution in [-0.2, 0) is 19.0 Å². The van der Waals surface area contributed by atoms with Crippen molar-refractivity contribution >= 4 is 5.97 Å². The van der Waals surface area contributed by atoms with E-state index in [1.165, 1.54) is 0 Å². The first kappa shape index (κ1) is 12.2. The summed E-state index contributed by atoms with van der Waals surface area (Å²) in [5.41, 5.74) is 0.132. The maximum absolute atomic E-state index is 12.2. The van der Waals surface area contributed by atoms with Gasteiger partial charge in [-0.15, -0.1) is 0 Å². The number of rotatable bonds is 0. The van der Waals surface area contributed by atoms with Crippen molar-refractivity contribution in [2.24, 2.45) is 0 Å². The summed E-state index contributed by atoms with van der Waals surface area (Å²) in [6, 6.07) is 0. The number of esters is 1. The monoisotopic (exact) mass is 292 g/mol. The molecule has 3 fully saturated rings. The summed E-state index contributed by atoms with van der Waals surface area (Å²) in [4.78, 5) is 12.2. The van der Waals surface area contributed by atoms with Gasteiger partial charge in [0.1, 0.15) is 23.6 Å². The lowest BCUT2D eigenvalue weighted by Crippen LogP contribution is -2.26. The quantitative estimate of drug-likeness (QED) is 0.573. The minimum atomic E-state index is -0.864. The Balaban J connectivity index is 1.68. The van der Waals surface area contributed by atoms with Crippen LogP contribution in [0, 0.1) is 6.92 Å². The average Bonchev–Trinajstić information content (AvgIpc) is 3.26. The second kappa shape index (κ2) is 3.34. The van der Waals surface area contributed by atoms with Crippen molar-refractivity contribution in [2.45, 2.75) is 62.3 Å². The van der Waals surface area contributed by atoms with Gasteiger partial charge in [0.05, 0.1) is 12.4 Å². The molecular weight excluding hydrogens is 276 g/mol. The highest BCUT2D eigenvalue weighted by molar-refractivity contribution is 5.87. The number of carbonyl (C=O) groups is 1. The maximum Gasteiger partial charge on any atom is 0.342 e. The van der Waals surface area contributed by atoms with Crippen molar-refractivity contribution in [3.8, 4) is 0 Å². The molecule has 1 aromatic rings. The Morgan fingerprint density at radius 2 is 2.19 bits per heavy atom. The van der Waals surface area contributed by atoms with Crippen LogP contribution in [0.2, 0.25) is 0 Å². The van der Waals surface area contributed by atoms with Crippen LogP contribution in [0.25, 0.3) is 0 Å². The molecule has 0 amide bonds. The molecule has 112 valence electrons. The molecule has 1 N–H and O–H groups in total. The lowest BCUT2D eigenvalue weighted by molar-refractivity contribution is -0.154. The summed E-state index contributed by atoms with van der Waals surface area (Å²) < 4.78 is 22.5. The minimum Gasteiger partial charge on any atom is -0.466 e. The smallest absolute Gasteiger partial charge is 0.342 e. The van der Waals surface area contributed by atoms with Gasteiger partial charge in [-0.25, -0.2) is 4.79 Å². The molecule has 2 bridgehead atoms. The van der Waals surface area contributed by atoms with E-state index in [9.17, 15) is 9.90 Å². The van der Waals surface area contributed by atoms with Crippen LogP contribution in [0.3, 0.4) is 0 Å².